The van der Waals surface area contributed by atoms with E-state index in [4.69, 9.17) is 0 Å². The van der Waals surface area contributed by atoms with Crippen molar-refractivity contribution >= 4 is 17.3 Å². The highest BCUT2D eigenvalue weighted by Crippen LogP contribution is 2.30. The molecule has 2 N–H and O–H groups in total. The Kier molecular flexibility index (Phi) is 3.91. The minimum atomic E-state index is 0.144. The monoisotopic (exact) mass is 280 g/mol. The lowest BCUT2D eigenvalue weighted by Crippen LogP contribution is -2.13. The summed E-state index contributed by atoms with van der Waals surface area (Å²) in [4.78, 5) is 11.8. The van der Waals surface area contributed by atoms with Crippen LogP contribution in [0.15, 0.2) is 48.5 Å². The van der Waals surface area contributed by atoms with Gasteiger partial charge >= 0.3 is 0 Å². The first-order valence-electron chi connectivity index (χ1n) is 7.41. The third kappa shape index (κ3) is 3.85. The van der Waals surface area contributed by atoms with Gasteiger partial charge in [0.15, 0.2) is 0 Å². The van der Waals surface area contributed by atoms with Crippen molar-refractivity contribution in [3.8, 4) is 0 Å². The van der Waals surface area contributed by atoms with Crippen LogP contribution in [-0.4, -0.2) is 5.91 Å². The van der Waals surface area contributed by atoms with Gasteiger partial charge in [0.2, 0.25) is 5.91 Å². The molecule has 1 saturated carbocycles. The van der Waals surface area contributed by atoms with E-state index in [1.165, 1.54) is 11.1 Å². The second-order valence-corrected chi connectivity index (χ2v) is 5.69. The number of anilines is 2. The Morgan fingerprint density at radius 1 is 1.10 bits per heavy atom. The van der Waals surface area contributed by atoms with Gasteiger partial charge in [-0.25, -0.2) is 0 Å². The number of hydrogen-bond donors (Lipinski definition) is 2. The second kappa shape index (κ2) is 6.00. The van der Waals surface area contributed by atoms with Crippen LogP contribution in [0.1, 0.15) is 24.0 Å². The van der Waals surface area contributed by atoms with Gasteiger partial charge in [0, 0.05) is 23.8 Å². The molecular weight excluding hydrogens is 260 g/mol. The van der Waals surface area contributed by atoms with Gasteiger partial charge in [-0.3, -0.25) is 4.79 Å². The maximum atomic E-state index is 11.8. The molecule has 0 aromatic heterocycles. The van der Waals surface area contributed by atoms with Gasteiger partial charge in [0.05, 0.1) is 0 Å². The molecule has 0 radical (unpaired) electrons. The van der Waals surface area contributed by atoms with Crippen LogP contribution in [-0.2, 0) is 11.3 Å². The summed E-state index contributed by atoms with van der Waals surface area (Å²) >= 11 is 0. The largest absolute Gasteiger partial charge is 0.381 e. The zero-order valence-corrected chi connectivity index (χ0v) is 12.2. The van der Waals surface area contributed by atoms with Gasteiger partial charge in [-0.15, -0.1) is 0 Å². The molecule has 3 heteroatoms. The van der Waals surface area contributed by atoms with Crippen molar-refractivity contribution in [1.29, 1.82) is 0 Å². The van der Waals surface area contributed by atoms with Crippen molar-refractivity contribution in [2.24, 2.45) is 5.92 Å². The predicted octanol–water partition coefficient (Wildman–Crippen LogP) is 3.96. The molecule has 3 rings (SSSR count). The van der Waals surface area contributed by atoms with E-state index in [9.17, 15) is 4.79 Å². The van der Waals surface area contributed by atoms with Crippen LogP contribution in [0, 0.1) is 12.8 Å². The maximum absolute atomic E-state index is 11.8. The molecule has 0 unspecified atom stereocenters. The Bertz CT molecular complexity index is 647. The van der Waals surface area contributed by atoms with Crippen molar-refractivity contribution < 1.29 is 4.79 Å². The Labute approximate surface area is 125 Å². The van der Waals surface area contributed by atoms with E-state index in [0.29, 0.717) is 0 Å². The fourth-order valence-electron chi connectivity index (χ4n) is 2.32. The molecule has 0 heterocycles. The quantitative estimate of drug-likeness (QED) is 0.870. The molecule has 2 aromatic rings. The zero-order valence-electron chi connectivity index (χ0n) is 12.2. The van der Waals surface area contributed by atoms with Crippen LogP contribution in [0.2, 0.25) is 0 Å². The number of aryl methyl sites for hydroxylation is 1. The van der Waals surface area contributed by atoms with Crippen molar-refractivity contribution in [2.75, 3.05) is 10.6 Å². The molecular formula is C18H20N2O. The van der Waals surface area contributed by atoms with Gasteiger partial charge in [0.25, 0.3) is 0 Å². The number of carbonyl (C=O) groups is 1. The molecule has 0 atom stereocenters. The Balaban J connectivity index is 1.61. The summed E-state index contributed by atoms with van der Waals surface area (Å²) in [6, 6.07) is 16.3. The lowest BCUT2D eigenvalue weighted by Gasteiger charge is -2.10. The molecule has 0 spiro atoms. The second-order valence-electron chi connectivity index (χ2n) is 5.69. The summed E-state index contributed by atoms with van der Waals surface area (Å²) in [5.41, 5.74) is 4.40. The van der Waals surface area contributed by atoms with Crippen molar-refractivity contribution in [2.45, 2.75) is 26.3 Å². The standard InChI is InChI=1S/C18H20N2O/c1-13-4-2-5-14(10-13)12-19-16-6-3-7-17(11-16)20-18(21)15-8-9-15/h2-7,10-11,15,19H,8-9,12H2,1H3,(H,20,21). The average molecular weight is 280 g/mol. The van der Waals surface area contributed by atoms with Gasteiger partial charge in [-0.2, -0.15) is 0 Å². The SMILES string of the molecule is Cc1cccc(CNc2cccc(NC(=O)C3CC3)c2)c1. The molecule has 21 heavy (non-hydrogen) atoms. The molecule has 2 aromatic carbocycles. The molecule has 1 amide bonds. The van der Waals surface area contributed by atoms with Crippen LogP contribution in [0.4, 0.5) is 11.4 Å². The number of hydrogen-bond acceptors (Lipinski definition) is 2. The molecule has 1 aliphatic rings. The van der Waals surface area contributed by atoms with E-state index in [0.717, 1.165) is 30.8 Å². The Hall–Kier alpha value is -2.29. The average Bonchev–Trinajstić information content (AvgIpc) is 3.30. The van der Waals surface area contributed by atoms with Crippen LogP contribution in [0.5, 0.6) is 0 Å². The summed E-state index contributed by atoms with van der Waals surface area (Å²) in [7, 11) is 0. The van der Waals surface area contributed by atoms with E-state index in [-0.39, 0.29) is 11.8 Å². The molecule has 108 valence electrons. The van der Waals surface area contributed by atoms with Gasteiger partial charge in [-0.05, 0) is 43.5 Å². The Morgan fingerprint density at radius 2 is 1.86 bits per heavy atom. The van der Waals surface area contributed by atoms with Crippen LogP contribution in [0.3, 0.4) is 0 Å². The number of benzene rings is 2. The number of rotatable bonds is 5. The lowest BCUT2D eigenvalue weighted by atomic mass is 10.1. The van der Waals surface area contributed by atoms with Crippen molar-refractivity contribution in [3.05, 3.63) is 59.7 Å². The third-order valence-corrected chi connectivity index (χ3v) is 3.66. The molecule has 0 saturated heterocycles. The lowest BCUT2D eigenvalue weighted by molar-refractivity contribution is -0.117. The maximum Gasteiger partial charge on any atom is 0.227 e. The highest BCUT2D eigenvalue weighted by molar-refractivity contribution is 5.94. The first-order chi connectivity index (χ1) is 10.2. The summed E-state index contributed by atoms with van der Waals surface area (Å²) in [6.45, 7) is 2.87. The fourth-order valence-corrected chi connectivity index (χ4v) is 2.32. The molecule has 1 fully saturated rings. The minimum Gasteiger partial charge on any atom is -0.381 e. The molecule has 0 bridgehead atoms. The van der Waals surface area contributed by atoms with Gasteiger partial charge in [-0.1, -0.05) is 35.9 Å². The predicted molar refractivity (Wildman–Crippen MR) is 86.3 cm³/mol. The number of amides is 1. The van der Waals surface area contributed by atoms with Crippen LogP contribution < -0.4 is 10.6 Å². The molecule has 1 aliphatic carbocycles. The van der Waals surface area contributed by atoms with Gasteiger partial charge < -0.3 is 10.6 Å². The van der Waals surface area contributed by atoms with E-state index in [1.54, 1.807) is 0 Å². The van der Waals surface area contributed by atoms with Crippen LogP contribution >= 0.6 is 0 Å². The fraction of sp³-hybridized carbons (Fsp3) is 0.278. The van der Waals surface area contributed by atoms with E-state index in [1.807, 2.05) is 24.3 Å². The molecule has 0 aliphatic heterocycles. The Morgan fingerprint density at radius 3 is 2.62 bits per heavy atom. The number of carbonyl (C=O) groups excluding carboxylic acids is 1. The first kappa shape index (κ1) is 13.7. The highest BCUT2D eigenvalue weighted by atomic mass is 16.2. The minimum absolute atomic E-state index is 0.144. The first-order valence-corrected chi connectivity index (χ1v) is 7.41. The summed E-state index contributed by atoms with van der Waals surface area (Å²) in [5, 5.41) is 6.37. The van der Waals surface area contributed by atoms with E-state index in [2.05, 4.69) is 41.8 Å². The smallest absolute Gasteiger partial charge is 0.227 e. The van der Waals surface area contributed by atoms with Crippen LogP contribution in [0.25, 0.3) is 0 Å². The number of nitrogens with one attached hydrogen (secondary N) is 2. The topological polar surface area (TPSA) is 41.1 Å². The third-order valence-electron chi connectivity index (χ3n) is 3.66. The van der Waals surface area contributed by atoms with E-state index >= 15 is 0 Å². The summed E-state index contributed by atoms with van der Waals surface area (Å²) in [5.74, 6) is 0.375. The normalized spacial score (nSPS) is 13.8. The van der Waals surface area contributed by atoms with Crippen molar-refractivity contribution in [1.82, 2.24) is 0 Å². The van der Waals surface area contributed by atoms with Crippen molar-refractivity contribution in [3.63, 3.8) is 0 Å². The highest BCUT2D eigenvalue weighted by Gasteiger charge is 2.29. The van der Waals surface area contributed by atoms with E-state index < -0.39 is 0 Å². The summed E-state index contributed by atoms with van der Waals surface area (Å²) in [6.07, 6.45) is 2.05. The van der Waals surface area contributed by atoms with Gasteiger partial charge in [0.1, 0.15) is 0 Å². The summed E-state index contributed by atoms with van der Waals surface area (Å²) < 4.78 is 0. The zero-order chi connectivity index (χ0) is 14.7. The molecule has 3 nitrogen and oxygen atoms in total.